The normalized spacial score (nSPS) is 23.3. The lowest BCUT2D eigenvalue weighted by molar-refractivity contribution is -0.123. The van der Waals surface area contributed by atoms with Crippen molar-refractivity contribution in [3.05, 3.63) is 59.0 Å². The molecule has 0 unspecified atom stereocenters. The van der Waals surface area contributed by atoms with Crippen LogP contribution in [0.4, 0.5) is 11.4 Å². The third-order valence-electron chi connectivity index (χ3n) is 6.50. The van der Waals surface area contributed by atoms with E-state index in [0.717, 1.165) is 49.5 Å². The van der Waals surface area contributed by atoms with Crippen LogP contribution in [-0.2, 0) is 9.53 Å². The van der Waals surface area contributed by atoms with E-state index in [1.807, 2.05) is 36.4 Å². The van der Waals surface area contributed by atoms with Crippen LogP contribution in [0.5, 0.6) is 5.75 Å². The minimum absolute atomic E-state index is 0.0302. The summed E-state index contributed by atoms with van der Waals surface area (Å²) in [5, 5.41) is 0.696. The summed E-state index contributed by atoms with van der Waals surface area (Å²) in [4.78, 5) is 23.1. The number of piperidine rings is 1. The zero-order valence-corrected chi connectivity index (χ0v) is 20.4. The molecule has 0 aromatic heterocycles. The summed E-state index contributed by atoms with van der Waals surface area (Å²) in [6.45, 7) is 3.44. The molecule has 2 aromatic carbocycles. The molecule has 6 nitrogen and oxygen atoms in total. The topological polar surface area (TPSA) is 54.4 Å². The van der Waals surface area contributed by atoms with Gasteiger partial charge in [0.25, 0.3) is 5.91 Å². The van der Waals surface area contributed by atoms with E-state index in [0.29, 0.717) is 16.6 Å². The summed E-state index contributed by atoms with van der Waals surface area (Å²) < 4.78 is 11.5. The second-order valence-corrected chi connectivity index (χ2v) is 9.87. The van der Waals surface area contributed by atoms with Gasteiger partial charge in [0.1, 0.15) is 5.75 Å². The molecule has 3 heterocycles. The number of rotatable bonds is 6. The van der Waals surface area contributed by atoms with Gasteiger partial charge >= 0.3 is 0 Å². The van der Waals surface area contributed by atoms with Crippen molar-refractivity contribution in [2.45, 2.75) is 38.2 Å². The van der Waals surface area contributed by atoms with Crippen LogP contribution < -0.4 is 9.64 Å². The molecule has 7 heteroatoms. The number of ether oxygens (including phenoxy) is 2. The van der Waals surface area contributed by atoms with Crippen LogP contribution in [0.15, 0.2) is 58.4 Å². The first-order chi connectivity index (χ1) is 16.7. The Bertz CT molecular complexity index is 1070. The van der Waals surface area contributed by atoms with E-state index in [1.54, 1.807) is 12.0 Å². The van der Waals surface area contributed by atoms with E-state index >= 15 is 0 Å². The molecule has 0 radical (unpaired) electrons. The molecule has 0 bridgehead atoms. The van der Waals surface area contributed by atoms with E-state index in [2.05, 4.69) is 23.1 Å². The van der Waals surface area contributed by atoms with E-state index in [4.69, 9.17) is 14.5 Å². The van der Waals surface area contributed by atoms with E-state index in [-0.39, 0.29) is 12.0 Å². The fourth-order valence-corrected chi connectivity index (χ4v) is 5.67. The van der Waals surface area contributed by atoms with Gasteiger partial charge in [-0.25, -0.2) is 4.99 Å². The smallest absolute Gasteiger partial charge is 0.266 e. The zero-order chi connectivity index (χ0) is 23.3. The molecule has 5 rings (SSSR count). The number of hydrogen-bond donors (Lipinski definition) is 0. The first kappa shape index (κ1) is 23.0. The third kappa shape index (κ3) is 5.15. The highest BCUT2D eigenvalue weighted by Crippen LogP contribution is 2.37. The fourth-order valence-electron chi connectivity index (χ4n) is 4.67. The maximum absolute atomic E-state index is 13.5. The van der Waals surface area contributed by atoms with Crippen LogP contribution in [0.25, 0.3) is 6.08 Å². The average Bonchev–Trinajstić information content (AvgIpc) is 3.50. The predicted molar refractivity (Wildman–Crippen MR) is 139 cm³/mol. The molecule has 1 atom stereocenters. The molecule has 34 heavy (non-hydrogen) atoms. The van der Waals surface area contributed by atoms with Gasteiger partial charge in [-0.05, 0) is 74.2 Å². The number of para-hydroxylation sites is 1. The van der Waals surface area contributed by atoms with Crippen LogP contribution in [0.2, 0.25) is 0 Å². The van der Waals surface area contributed by atoms with Crippen LogP contribution in [0, 0.1) is 0 Å². The maximum Gasteiger partial charge on any atom is 0.266 e. The first-order valence-corrected chi connectivity index (χ1v) is 12.9. The lowest BCUT2D eigenvalue weighted by atomic mass is 10.1. The Morgan fingerprint density at radius 2 is 1.94 bits per heavy atom. The van der Waals surface area contributed by atoms with Crippen molar-refractivity contribution in [3.8, 4) is 5.75 Å². The largest absolute Gasteiger partial charge is 0.496 e. The molecule has 3 saturated heterocycles. The molecule has 0 spiro atoms. The Balaban J connectivity index is 1.43. The fraction of sp³-hybridized carbons (Fsp3) is 0.407. The van der Waals surface area contributed by atoms with Crippen molar-refractivity contribution in [1.82, 2.24) is 4.90 Å². The number of hydrogen-bond acceptors (Lipinski definition) is 6. The van der Waals surface area contributed by atoms with Crippen LogP contribution in [0.1, 0.15) is 37.7 Å². The van der Waals surface area contributed by atoms with Gasteiger partial charge in [-0.2, -0.15) is 0 Å². The number of carbonyl (C=O) groups is 1. The van der Waals surface area contributed by atoms with Crippen molar-refractivity contribution >= 4 is 40.3 Å². The molecule has 3 fully saturated rings. The van der Waals surface area contributed by atoms with Gasteiger partial charge in [0.15, 0.2) is 5.17 Å². The predicted octanol–water partition coefficient (Wildman–Crippen LogP) is 5.47. The van der Waals surface area contributed by atoms with Gasteiger partial charge in [-0.1, -0.05) is 18.2 Å². The SMILES string of the molecule is COc1cc(N2CCCCC2)ccc1/C=C1\SC(=Nc2ccccc2)N(C[C@H]2CCCO2)C1=O. The van der Waals surface area contributed by atoms with E-state index < -0.39 is 0 Å². The number of nitrogens with zero attached hydrogens (tertiary/aromatic N) is 3. The zero-order valence-electron chi connectivity index (χ0n) is 19.6. The minimum Gasteiger partial charge on any atom is -0.496 e. The molecule has 0 N–H and O–H groups in total. The number of benzene rings is 2. The first-order valence-electron chi connectivity index (χ1n) is 12.1. The number of amides is 1. The molecule has 3 aliphatic heterocycles. The van der Waals surface area contributed by atoms with Crippen LogP contribution in [0.3, 0.4) is 0 Å². The van der Waals surface area contributed by atoms with Crippen molar-refractivity contribution in [3.63, 3.8) is 0 Å². The summed E-state index contributed by atoms with van der Waals surface area (Å²) in [7, 11) is 1.69. The average molecular weight is 478 g/mol. The van der Waals surface area contributed by atoms with Gasteiger partial charge in [-0.3, -0.25) is 9.69 Å². The number of anilines is 1. The summed E-state index contributed by atoms with van der Waals surface area (Å²) in [6.07, 6.45) is 7.75. The highest BCUT2D eigenvalue weighted by atomic mass is 32.2. The highest BCUT2D eigenvalue weighted by Gasteiger charge is 2.36. The van der Waals surface area contributed by atoms with Crippen molar-refractivity contribution in [2.75, 3.05) is 38.3 Å². The Kier molecular flexibility index (Phi) is 7.21. The number of carbonyl (C=O) groups excluding carboxylic acids is 1. The molecule has 0 saturated carbocycles. The monoisotopic (exact) mass is 477 g/mol. The van der Waals surface area contributed by atoms with Gasteiger partial charge in [0, 0.05) is 37.0 Å². The van der Waals surface area contributed by atoms with Crippen molar-refractivity contribution in [2.24, 2.45) is 4.99 Å². The Morgan fingerprint density at radius 3 is 2.68 bits per heavy atom. The van der Waals surface area contributed by atoms with E-state index in [1.165, 1.54) is 36.7 Å². The highest BCUT2D eigenvalue weighted by molar-refractivity contribution is 8.18. The number of thioether (sulfide) groups is 1. The molecule has 0 aliphatic carbocycles. The second kappa shape index (κ2) is 10.7. The molecule has 2 aromatic rings. The van der Waals surface area contributed by atoms with Crippen LogP contribution in [-0.4, -0.2) is 55.4 Å². The maximum atomic E-state index is 13.5. The number of amidine groups is 1. The quantitative estimate of drug-likeness (QED) is 0.517. The van der Waals surface area contributed by atoms with Gasteiger partial charge in [0.2, 0.25) is 0 Å². The van der Waals surface area contributed by atoms with Gasteiger partial charge in [-0.15, -0.1) is 0 Å². The lowest BCUT2D eigenvalue weighted by Gasteiger charge is -2.29. The standard InChI is InChI=1S/C27H31N3O3S/c1-32-24-18-22(29-14-6-3-7-15-29)13-12-20(24)17-25-26(31)30(19-23-11-8-16-33-23)27(34-25)28-21-9-4-2-5-10-21/h2,4-5,9-10,12-13,17-18,23H,3,6-8,11,14-16,19H2,1H3/b25-17-,28-27?/t23-/m1/s1. The number of methoxy groups -OCH3 is 1. The molecule has 3 aliphatic rings. The summed E-state index contributed by atoms with van der Waals surface area (Å²) >= 11 is 1.42. The second-order valence-electron chi connectivity index (χ2n) is 8.87. The molecular formula is C27H31N3O3S. The molecule has 1 amide bonds. The summed E-state index contributed by atoms with van der Waals surface area (Å²) in [6, 6.07) is 16.1. The van der Waals surface area contributed by atoms with Crippen molar-refractivity contribution in [1.29, 1.82) is 0 Å². The third-order valence-corrected chi connectivity index (χ3v) is 7.51. The van der Waals surface area contributed by atoms with Gasteiger partial charge < -0.3 is 14.4 Å². The van der Waals surface area contributed by atoms with Crippen LogP contribution >= 0.6 is 11.8 Å². The molecule has 178 valence electrons. The number of aliphatic imine (C=N–C) groups is 1. The summed E-state index contributed by atoms with van der Waals surface area (Å²) in [5.74, 6) is 0.750. The minimum atomic E-state index is -0.0302. The van der Waals surface area contributed by atoms with Gasteiger partial charge in [0.05, 0.1) is 30.4 Å². The Hall–Kier alpha value is -2.77. The Morgan fingerprint density at radius 1 is 1.12 bits per heavy atom. The Labute approximate surface area is 205 Å². The summed E-state index contributed by atoms with van der Waals surface area (Å²) in [5.41, 5.74) is 2.91. The lowest BCUT2D eigenvalue weighted by Crippen LogP contribution is -2.36. The van der Waals surface area contributed by atoms with Crippen molar-refractivity contribution < 1.29 is 14.3 Å². The molecular weight excluding hydrogens is 446 g/mol. The van der Waals surface area contributed by atoms with E-state index in [9.17, 15) is 4.79 Å².